The second kappa shape index (κ2) is 7.47. The van der Waals surface area contributed by atoms with Gasteiger partial charge in [0.2, 0.25) is 5.91 Å². The predicted octanol–water partition coefficient (Wildman–Crippen LogP) is 2.49. The minimum atomic E-state index is -3.23. The molecule has 2 rings (SSSR count). The van der Waals surface area contributed by atoms with Gasteiger partial charge in [-0.25, -0.2) is 8.42 Å². The number of rotatable bonds is 7. The SMILES string of the molecule is NC(=O)c1cccc(CSCCS(=O)(=O)c2ccccc2)c1. The van der Waals surface area contributed by atoms with E-state index in [0.717, 1.165) is 5.56 Å². The average Bonchev–Trinajstić information content (AvgIpc) is 2.53. The maximum Gasteiger partial charge on any atom is 0.248 e. The molecule has 0 spiro atoms. The molecule has 2 aromatic carbocycles. The van der Waals surface area contributed by atoms with Gasteiger partial charge in [0.1, 0.15) is 0 Å². The second-order valence-electron chi connectivity index (χ2n) is 4.75. The molecule has 2 N–H and O–H groups in total. The summed E-state index contributed by atoms with van der Waals surface area (Å²) in [6, 6.07) is 15.5. The van der Waals surface area contributed by atoms with Crippen molar-refractivity contribution in [3.63, 3.8) is 0 Å². The summed E-state index contributed by atoms with van der Waals surface area (Å²) in [4.78, 5) is 11.5. The van der Waals surface area contributed by atoms with Crippen molar-refractivity contribution in [1.29, 1.82) is 0 Å². The fraction of sp³-hybridized carbons (Fsp3) is 0.188. The Kier molecular flexibility index (Phi) is 5.63. The fourth-order valence-corrected chi connectivity index (χ4v) is 4.63. The summed E-state index contributed by atoms with van der Waals surface area (Å²) < 4.78 is 24.2. The molecule has 0 aliphatic carbocycles. The Morgan fingerprint density at radius 3 is 2.45 bits per heavy atom. The van der Waals surface area contributed by atoms with Crippen molar-refractivity contribution in [3.05, 3.63) is 65.7 Å². The molecule has 0 bridgehead atoms. The third-order valence-corrected chi connectivity index (χ3v) is 6.10. The lowest BCUT2D eigenvalue weighted by Crippen LogP contribution is -2.11. The van der Waals surface area contributed by atoms with E-state index in [1.807, 2.05) is 6.07 Å². The Balaban J connectivity index is 1.87. The molecule has 0 atom stereocenters. The highest BCUT2D eigenvalue weighted by Crippen LogP contribution is 2.16. The van der Waals surface area contributed by atoms with Gasteiger partial charge in [0, 0.05) is 17.1 Å². The first-order valence-corrected chi connectivity index (χ1v) is 9.54. The van der Waals surface area contributed by atoms with Gasteiger partial charge in [-0.05, 0) is 29.8 Å². The highest BCUT2D eigenvalue weighted by molar-refractivity contribution is 8.00. The van der Waals surface area contributed by atoms with E-state index in [1.165, 1.54) is 11.8 Å². The summed E-state index contributed by atoms with van der Waals surface area (Å²) in [5.41, 5.74) is 6.66. The fourth-order valence-electron chi connectivity index (χ4n) is 1.92. The molecule has 0 unspecified atom stereocenters. The van der Waals surface area contributed by atoms with Crippen molar-refractivity contribution in [3.8, 4) is 0 Å². The zero-order valence-corrected chi connectivity index (χ0v) is 13.6. The van der Waals surface area contributed by atoms with E-state index in [-0.39, 0.29) is 5.75 Å². The van der Waals surface area contributed by atoms with Crippen LogP contribution in [-0.2, 0) is 15.6 Å². The van der Waals surface area contributed by atoms with E-state index in [4.69, 9.17) is 5.73 Å². The molecular formula is C16H17NO3S2. The molecule has 4 nitrogen and oxygen atoms in total. The highest BCUT2D eigenvalue weighted by atomic mass is 32.2. The molecule has 6 heteroatoms. The molecular weight excluding hydrogens is 318 g/mol. The van der Waals surface area contributed by atoms with Crippen LogP contribution in [0.3, 0.4) is 0 Å². The van der Waals surface area contributed by atoms with Crippen molar-refractivity contribution in [2.45, 2.75) is 10.6 Å². The van der Waals surface area contributed by atoms with Crippen molar-refractivity contribution in [2.75, 3.05) is 11.5 Å². The maximum atomic E-state index is 12.1. The van der Waals surface area contributed by atoms with Gasteiger partial charge in [-0.1, -0.05) is 30.3 Å². The summed E-state index contributed by atoms with van der Waals surface area (Å²) in [6.45, 7) is 0. The van der Waals surface area contributed by atoms with Crippen molar-refractivity contribution in [1.82, 2.24) is 0 Å². The number of benzene rings is 2. The summed E-state index contributed by atoms with van der Waals surface area (Å²) in [6.07, 6.45) is 0. The summed E-state index contributed by atoms with van der Waals surface area (Å²) in [5.74, 6) is 0.777. The Morgan fingerprint density at radius 1 is 1.05 bits per heavy atom. The van der Waals surface area contributed by atoms with Crippen LogP contribution >= 0.6 is 11.8 Å². The zero-order valence-electron chi connectivity index (χ0n) is 11.9. The molecule has 0 fully saturated rings. The van der Waals surface area contributed by atoms with Crippen molar-refractivity contribution < 1.29 is 13.2 Å². The van der Waals surface area contributed by atoms with Gasteiger partial charge < -0.3 is 5.73 Å². The van der Waals surface area contributed by atoms with E-state index in [0.29, 0.717) is 22.0 Å². The molecule has 1 amide bonds. The van der Waals surface area contributed by atoms with Crippen LogP contribution in [0.15, 0.2) is 59.5 Å². The molecule has 0 saturated carbocycles. The van der Waals surface area contributed by atoms with Crippen LogP contribution in [0.5, 0.6) is 0 Å². The number of hydrogen-bond donors (Lipinski definition) is 1. The Hall–Kier alpha value is -1.79. The van der Waals surface area contributed by atoms with Gasteiger partial charge >= 0.3 is 0 Å². The Morgan fingerprint density at radius 2 is 1.77 bits per heavy atom. The largest absolute Gasteiger partial charge is 0.366 e. The Labute approximate surface area is 134 Å². The maximum absolute atomic E-state index is 12.1. The number of carbonyl (C=O) groups excluding carboxylic acids is 1. The molecule has 0 aliphatic heterocycles. The van der Waals surface area contributed by atoms with Crippen molar-refractivity contribution >= 4 is 27.5 Å². The first-order valence-electron chi connectivity index (χ1n) is 6.73. The van der Waals surface area contributed by atoms with E-state index < -0.39 is 15.7 Å². The molecule has 0 heterocycles. The number of nitrogens with two attached hydrogens (primary N) is 1. The number of sulfone groups is 1. The number of thioether (sulfide) groups is 1. The minimum Gasteiger partial charge on any atom is -0.366 e. The molecule has 2 aromatic rings. The molecule has 0 saturated heterocycles. The van der Waals surface area contributed by atoms with Gasteiger partial charge in [0.25, 0.3) is 0 Å². The van der Waals surface area contributed by atoms with Crippen LogP contribution in [-0.4, -0.2) is 25.8 Å². The number of amides is 1. The van der Waals surface area contributed by atoms with E-state index in [1.54, 1.807) is 48.5 Å². The number of hydrogen-bond acceptors (Lipinski definition) is 4. The third kappa shape index (κ3) is 4.61. The van der Waals surface area contributed by atoms with Crippen LogP contribution in [0, 0.1) is 0 Å². The number of carbonyl (C=O) groups is 1. The molecule has 116 valence electrons. The summed E-state index contributed by atoms with van der Waals surface area (Å²) in [5, 5.41) is 0. The average molecular weight is 335 g/mol. The molecule has 0 aliphatic rings. The van der Waals surface area contributed by atoms with Crippen molar-refractivity contribution in [2.24, 2.45) is 5.73 Å². The lowest BCUT2D eigenvalue weighted by atomic mass is 10.1. The van der Waals surface area contributed by atoms with Crippen LogP contribution in [0.25, 0.3) is 0 Å². The topological polar surface area (TPSA) is 77.2 Å². The third-order valence-electron chi connectivity index (χ3n) is 3.08. The molecule has 22 heavy (non-hydrogen) atoms. The van der Waals surface area contributed by atoms with Gasteiger partial charge in [-0.3, -0.25) is 4.79 Å². The standard InChI is InChI=1S/C16H17NO3S2/c17-16(18)14-6-4-5-13(11-14)12-21-9-10-22(19,20)15-7-2-1-3-8-15/h1-8,11H,9-10,12H2,(H2,17,18). The molecule has 0 radical (unpaired) electrons. The predicted molar refractivity (Wildman–Crippen MR) is 89.6 cm³/mol. The lowest BCUT2D eigenvalue weighted by molar-refractivity contribution is 0.1000. The minimum absolute atomic E-state index is 0.0944. The van der Waals surface area contributed by atoms with E-state index in [2.05, 4.69) is 0 Å². The zero-order chi connectivity index (χ0) is 16.0. The van der Waals surface area contributed by atoms with Crippen LogP contribution < -0.4 is 5.73 Å². The quantitative estimate of drug-likeness (QED) is 0.789. The van der Waals surface area contributed by atoms with Gasteiger partial charge in [0.05, 0.1) is 10.6 Å². The van der Waals surface area contributed by atoms with Crippen LogP contribution in [0.4, 0.5) is 0 Å². The van der Waals surface area contributed by atoms with Crippen LogP contribution in [0.2, 0.25) is 0 Å². The summed E-state index contributed by atoms with van der Waals surface area (Å²) in [7, 11) is -3.23. The lowest BCUT2D eigenvalue weighted by Gasteiger charge is -2.05. The van der Waals surface area contributed by atoms with Gasteiger partial charge in [-0.2, -0.15) is 11.8 Å². The second-order valence-corrected chi connectivity index (χ2v) is 7.96. The molecule has 0 aromatic heterocycles. The smallest absolute Gasteiger partial charge is 0.248 e. The first-order chi connectivity index (χ1) is 10.5. The van der Waals surface area contributed by atoms with E-state index >= 15 is 0 Å². The van der Waals surface area contributed by atoms with E-state index in [9.17, 15) is 13.2 Å². The summed E-state index contributed by atoms with van der Waals surface area (Å²) >= 11 is 1.52. The highest BCUT2D eigenvalue weighted by Gasteiger charge is 2.13. The van der Waals surface area contributed by atoms with Gasteiger partial charge in [-0.15, -0.1) is 0 Å². The number of primary amides is 1. The first kappa shape index (κ1) is 16.6. The van der Waals surface area contributed by atoms with Gasteiger partial charge in [0.15, 0.2) is 9.84 Å². The monoisotopic (exact) mass is 335 g/mol. The normalized spacial score (nSPS) is 11.3. The Bertz CT molecular complexity index is 743. The van der Waals surface area contributed by atoms with Crippen LogP contribution in [0.1, 0.15) is 15.9 Å².